The first kappa shape index (κ1) is 13.0. The summed E-state index contributed by atoms with van der Waals surface area (Å²) in [6.07, 6.45) is 4.74. The van der Waals surface area contributed by atoms with Crippen molar-refractivity contribution in [3.05, 3.63) is 28.5 Å². The van der Waals surface area contributed by atoms with Crippen LogP contribution in [0, 0.1) is 6.92 Å². The summed E-state index contributed by atoms with van der Waals surface area (Å²) in [5, 5.41) is 6.49. The minimum atomic E-state index is 0.761. The second-order valence-corrected chi connectivity index (χ2v) is 5.07. The van der Waals surface area contributed by atoms with Crippen LogP contribution in [0.5, 0.6) is 0 Å². The van der Waals surface area contributed by atoms with Crippen LogP contribution in [0.2, 0.25) is 0 Å². The van der Waals surface area contributed by atoms with Crippen LogP contribution in [0.1, 0.15) is 17.1 Å². The highest BCUT2D eigenvalue weighted by atomic mass is 32.1. The van der Waals surface area contributed by atoms with Gasteiger partial charge in [0.25, 0.3) is 0 Å². The van der Waals surface area contributed by atoms with Crippen LogP contribution in [0.25, 0.3) is 0 Å². The zero-order chi connectivity index (χ0) is 12.8. The molecule has 6 heteroatoms. The summed E-state index contributed by atoms with van der Waals surface area (Å²) >= 11 is 1.67. The number of thiazole rings is 1. The number of aryl methyl sites for hydroxylation is 1. The number of ether oxygens (including phenoxy) is 1. The van der Waals surface area contributed by atoms with E-state index in [0.717, 1.165) is 42.8 Å². The first-order valence-corrected chi connectivity index (χ1v) is 6.82. The van der Waals surface area contributed by atoms with E-state index in [1.165, 1.54) is 0 Å². The van der Waals surface area contributed by atoms with Crippen molar-refractivity contribution in [1.29, 1.82) is 0 Å². The number of anilines is 1. The second-order valence-electron chi connectivity index (χ2n) is 4.01. The Morgan fingerprint density at radius 3 is 3.11 bits per heavy atom. The number of nitrogens with one attached hydrogen (secondary N) is 1. The maximum absolute atomic E-state index is 5.01. The van der Waals surface area contributed by atoms with E-state index in [0.29, 0.717) is 0 Å². The van der Waals surface area contributed by atoms with Gasteiger partial charge in [0.05, 0.1) is 17.2 Å². The first-order chi connectivity index (χ1) is 8.79. The smallest absolute Gasteiger partial charge is 0.203 e. The highest BCUT2D eigenvalue weighted by Gasteiger charge is 2.04. The average Bonchev–Trinajstić information content (AvgIpc) is 2.95. The molecule has 2 aromatic rings. The quantitative estimate of drug-likeness (QED) is 0.780. The van der Waals surface area contributed by atoms with Gasteiger partial charge in [-0.15, -0.1) is 11.3 Å². The predicted molar refractivity (Wildman–Crippen MR) is 73.2 cm³/mol. The molecule has 2 rings (SSSR count). The molecule has 0 radical (unpaired) electrons. The van der Waals surface area contributed by atoms with Crippen LogP contribution >= 0.6 is 11.3 Å². The molecule has 0 saturated heterocycles. The fourth-order valence-electron chi connectivity index (χ4n) is 1.68. The van der Waals surface area contributed by atoms with Crippen LogP contribution < -0.4 is 5.32 Å². The van der Waals surface area contributed by atoms with E-state index >= 15 is 0 Å². The van der Waals surface area contributed by atoms with E-state index in [1.807, 2.05) is 13.1 Å². The Hall–Kier alpha value is -1.40. The Kier molecular flexibility index (Phi) is 4.72. The number of imidazole rings is 1. The van der Waals surface area contributed by atoms with E-state index in [-0.39, 0.29) is 0 Å². The number of methoxy groups -OCH3 is 1. The highest BCUT2D eigenvalue weighted by molar-refractivity contribution is 7.09. The lowest BCUT2D eigenvalue weighted by Crippen LogP contribution is -2.10. The van der Waals surface area contributed by atoms with Crippen molar-refractivity contribution < 1.29 is 4.74 Å². The first-order valence-electron chi connectivity index (χ1n) is 5.94. The van der Waals surface area contributed by atoms with Gasteiger partial charge in [-0.1, -0.05) is 0 Å². The zero-order valence-corrected chi connectivity index (χ0v) is 11.5. The number of hydrogen-bond donors (Lipinski definition) is 1. The molecule has 0 atom stereocenters. The second kappa shape index (κ2) is 6.51. The van der Waals surface area contributed by atoms with Crippen LogP contribution in [-0.4, -0.2) is 34.8 Å². The lowest BCUT2D eigenvalue weighted by molar-refractivity contribution is 0.197. The van der Waals surface area contributed by atoms with Crippen molar-refractivity contribution in [2.24, 2.45) is 0 Å². The van der Waals surface area contributed by atoms with E-state index in [4.69, 9.17) is 4.74 Å². The van der Waals surface area contributed by atoms with Gasteiger partial charge in [-0.25, -0.2) is 9.97 Å². The standard InChI is InChI=1S/C12H18N4OS/c1-10-15-11(9-18-10)8-16-6-5-14-12(16)13-4-3-7-17-2/h5-6,9H,3-4,7-8H2,1-2H3,(H,13,14). The summed E-state index contributed by atoms with van der Waals surface area (Å²) in [4.78, 5) is 8.76. The lowest BCUT2D eigenvalue weighted by atomic mass is 10.4. The molecule has 0 spiro atoms. The molecule has 18 heavy (non-hydrogen) atoms. The summed E-state index contributed by atoms with van der Waals surface area (Å²) in [5.74, 6) is 0.886. The molecule has 5 nitrogen and oxygen atoms in total. The molecule has 0 fully saturated rings. The Morgan fingerprint density at radius 1 is 1.50 bits per heavy atom. The van der Waals surface area contributed by atoms with Crippen molar-refractivity contribution in [1.82, 2.24) is 14.5 Å². The molecule has 0 aliphatic heterocycles. The Labute approximate surface area is 111 Å². The third-order valence-corrected chi connectivity index (χ3v) is 3.35. The van der Waals surface area contributed by atoms with Crippen molar-refractivity contribution in [2.75, 3.05) is 25.6 Å². The number of hydrogen-bond acceptors (Lipinski definition) is 5. The fourth-order valence-corrected chi connectivity index (χ4v) is 2.28. The van der Waals surface area contributed by atoms with Crippen molar-refractivity contribution in [3.63, 3.8) is 0 Å². The van der Waals surface area contributed by atoms with Gasteiger partial charge in [-0.3, -0.25) is 0 Å². The zero-order valence-electron chi connectivity index (χ0n) is 10.7. The van der Waals surface area contributed by atoms with Gasteiger partial charge in [0.2, 0.25) is 5.95 Å². The van der Waals surface area contributed by atoms with Gasteiger partial charge < -0.3 is 14.6 Å². The summed E-state index contributed by atoms with van der Waals surface area (Å²) in [5.41, 5.74) is 1.08. The summed E-state index contributed by atoms with van der Waals surface area (Å²) in [6.45, 7) is 4.41. The molecule has 0 aliphatic rings. The molecule has 0 aliphatic carbocycles. The Bertz CT molecular complexity index is 480. The normalized spacial score (nSPS) is 10.8. The molecular weight excluding hydrogens is 248 g/mol. The minimum absolute atomic E-state index is 0.761. The minimum Gasteiger partial charge on any atom is -0.385 e. The van der Waals surface area contributed by atoms with Crippen LogP contribution in [0.15, 0.2) is 17.8 Å². The Morgan fingerprint density at radius 2 is 2.39 bits per heavy atom. The fraction of sp³-hybridized carbons (Fsp3) is 0.500. The molecule has 2 aromatic heterocycles. The number of rotatable bonds is 7. The third-order valence-electron chi connectivity index (χ3n) is 2.52. The molecule has 0 saturated carbocycles. The lowest BCUT2D eigenvalue weighted by Gasteiger charge is -2.08. The predicted octanol–water partition coefficient (Wildman–Crippen LogP) is 2.14. The third kappa shape index (κ3) is 3.54. The highest BCUT2D eigenvalue weighted by Crippen LogP contribution is 2.12. The van der Waals surface area contributed by atoms with E-state index in [9.17, 15) is 0 Å². The summed E-state index contributed by atoms with van der Waals surface area (Å²) < 4.78 is 7.08. The van der Waals surface area contributed by atoms with Crippen LogP contribution in [0.3, 0.4) is 0 Å². The van der Waals surface area contributed by atoms with Gasteiger partial charge >= 0.3 is 0 Å². The van der Waals surface area contributed by atoms with Crippen molar-refractivity contribution >= 4 is 17.3 Å². The van der Waals surface area contributed by atoms with Gasteiger partial charge in [0.1, 0.15) is 0 Å². The molecule has 98 valence electrons. The maximum atomic E-state index is 5.01. The molecule has 0 amide bonds. The summed E-state index contributed by atoms with van der Waals surface area (Å²) in [7, 11) is 1.71. The van der Waals surface area contributed by atoms with E-state index < -0.39 is 0 Å². The molecule has 0 unspecified atom stereocenters. The summed E-state index contributed by atoms with van der Waals surface area (Å²) in [6, 6.07) is 0. The number of aromatic nitrogens is 3. The maximum Gasteiger partial charge on any atom is 0.203 e. The number of nitrogens with zero attached hydrogens (tertiary/aromatic N) is 3. The van der Waals surface area contributed by atoms with Crippen LogP contribution in [-0.2, 0) is 11.3 Å². The molecule has 0 bridgehead atoms. The molecule has 0 aromatic carbocycles. The Balaban J connectivity index is 1.91. The van der Waals surface area contributed by atoms with Gasteiger partial charge in [0.15, 0.2) is 0 Å². The van der Waals surface area contributed by atoms with Crippen LogP contribution in [0.4, 0.5) is 5.95 Å². The SMILES string of the molecule is COCCCNc1nccn1Cc1csc(C)n1. The van der Waals surface area contributed by atoms with Crippen molar-refractivity contribution in [3.8, 4) is 0 Å². The van der Waals surface area contributed by atoms with Gasteiger partial charge in [-0.05, 0) is 13.3 Å². The average molecular weight is 266 g/mol. The monoisotopic (exact) mass is 266 g/mol. The van der Waals surface area contributed by atoms with Crippen molar-refractivity contribution in [2.45, 2.75) is 19.9 Å². The topological polar surface area (TPSA) is 52.0 Å². The molecule has 1 N–H and O–H groups in total. The van der Waals surface area contributed by atoms with Gasteiger partial charge in [0, 0.05) is 38.0 Å². The van der Waals surface area contributed by atoms with Gasteiger partial charge in [-0.2, -0.15) is 0 Å². The molecular formula is C12H18N4OS. The largest absolute Gasteiger partial charge is 0.385 e. The van der Waals surface area contributed by atoms with E-state index in [2.05, 4.69) is 25.2 Å². The molecule has 2 heterocycles. The van der Waals surface area contributed by atoms with E-state index in [1.54, 1.807) is 24.6 Å².